The van der Waals surface area contributed by atoms with Gasteiger partial charge >= 0.3 is 6.03 Å². The van der Waals surface area contributed by atoms with Crippen molar-refractivity contribution in [3.63, 3.8) is 0 Å². The predicted molar refractivity (Wildman–Crippen MR) is 68.2 cm³/mol. The van der Waals surface area contributed by atoms with E-state index in [1.165, 1.54) is 4.57 Å². The molecule has 0 atom stereocenters. The maximum absolute atomic E-state index is 11.6. The van der Waals surface area contributed by atoms with Crippen LogP contribution in [0.15, 0.2) is 23.1 Å². The fourth-order valence-electron chi connectivity index (χ4n) is 1.33. The van der Waals surface area contributed by atoms with Crippen molar-refractivity contribution in [2.45, 2.75) is 20.3 Å². The van der Waals surface area contributed by atoms with Crippen LogP contribution in [0.2, 0.25) is 0 Å². The summed E-state index contributed by atoms with van der Waals surface area (Å²) < 4.78 is 1.42. The van der Waals surface area contributed by atoms with Crippen LogP contribution in [0.3, 0.4) is 0 Å². The second kappa shape index (κ2) is 6.08. The number of aryl methyl sites for hydroxylation is 1. The highest BCUT2D eigenvalue weighted by molar-refractivity contribution is 5.88. The summed E-state index contributed by atoms with van der Waals surface area (Å²) >= 11 is 0. The molecule has 1 rings (SSSR count). The molecular weight excluding hydrogens is 218 g/mol. The highest BCUT2D eigenvalue weighted by Gasteiger charge is 2.05. The van der Waals surface area contributed by atoms with E-state index in [-0.39, 0.29) is 17.3 Å². The molecule has 0 aromatic carbocycles. The molecule has 94 valence electrons. The van der Waals surface area contributed by atoms with Gasteiger partial charge in [-0.05, 0) is 24.5 Å². The molecule has 2 amide bonds. The highest BCUT2D eigenvalue weighted by atomic mass is 16.2. The number of hydrogen-bond donors (Lipinski definition) is 2. The Morgan fingerprint density at radius 3 is 2.82 bits per heavy atom. The van der Waals surface area contributed by atoms with Crippen molar-refractivity contribution in [2.24, 2.45) is 13.0 Å². The quantitative estimate of drug-likeness (QED) is 0.834. The number of aromatic nitrogens is 1. The second-order valence-corrected chi connectivity index (χ2v) is 4.40. The van der Waals surface area contributed by atoms with Gasteiger partial charge in [-0.2, -0.15) is 0 Å². The lowest BCUT2D eigenvalue weighted by atomic mass is 10.1. The Labute approximate surface area is 101 Å². The molecule has 1 aromatic rings. The minimum absolute atomic E-state index is 0.216. The molecule has 0 spiro atoms. The van der Waals surface area contributed by atoms with Gasteiger partial charge in [0.2, 0.25) is 0 Å². The molecule has 0 fully saturated rings. The van der Waals surface area contributed by atoms with Crippen molar-refractivity contribution < 1.29 is 4.79 Å². The largest absolute Gasteiger partial charge is 0.338 e. The Hall–Kier alpha value is -1.78. The number of pyridine rings is 1. The van der Waals surface area contributed by atoms with Gasteiger partial charge in [0.05, 0.1) is 0 Å². The third-order valence-electron chi connectivity index (χ3n) is 2.38. The number of amides is 2. The van der Waals surface area contributed by atoms with Gasteiger partial charge in [0.15, 0.2) is 0 Å². The Morgan fingerprint density at radius 1 is 1.47 bits per heavy atom. The molecule has 0 unspecified atom stereocenters. The van der Waals surface area contributed by atoms with Crippen LogP contribution in [0.5, 0.6) is 0 Å². The number of urea groups is 1. The van der Waals surface area contributed by atoms with Crippen molar-refractivity contribution in [1.29, 1.82) is 0 Å². The van der Waals surface area contributed by atoms with Crippen LogP contribution in [-0.2, 0) is 7.05 Å². The molecule has 0 bridgehead atoms. The molecule has 0 aliphatic heterocycles. The topological polar surface area (TPSA) is 63.1 Å². The van der Waals surface area contributed by atoms with Crippen LogP contribution < -0.4 is 16.2 Å². The maximum Gasteiger partial charge on any atom is 0.319 e. The van der Waals surface area contributed by atoms with Gasteiger partial charge < -0.3 is 15.2 Å². The number of carbonyl (C=O) groups excluding carboxylic acids is 1. The summed E-state index contributed by atoms with van der Waals surface area (Å²) in [4.78, 5) is 23.1. The van der Waals surface area contributed by atoms with E-state index in [9.17, 15) is 9.59 Å². The van der Waals surface area contributed by atoms with E-state index >= 15 is 0 Å². The van der Waals surface area contributed by atoms with Crippen LogP contribution in [0.4, 0.5) is 10.5 Å². The number of nitrogens with zero attached hydrogens (tertiary/aromatic N) is 1. The molecule has 0 aliphatic carbocycles. The van der Waals surface area contributed by atoms with Crippen molar-refractivity contribution in [2.75, 3.05) is 11.9 Å². The molecule has 17 heavy (non-hydrogen) atoms. The average molecular weight is 237 g/mol. The van der Waals surface area contributed by atoms with Gasteiger partial charge in [0.25, 0.3) is 5.56 Å². The lowest BCUT2D eigenvalue weighted by Crippen LogP contribution is -2.33. The fraction of sp³-hybridized carbons (Fsp3) is 0.500. The zero-order chi connectivity index (χ0) is 12.8. The smallest absolute Gasteiger partial charge is 0.319 e. The monoisotopic (exact) mass is 237 g/mol. The normalized spacial score (nSPS) is 10.4. The van der Waals surface area contributed by atoms with E-state index in [1.54, 1.807) is 25.4 Å². The van der Waals surface area contributed by atoms with E-state index in [0.29, 0.717) is 12.5 Å². The summed E-state index contributed by atoms with van der Waals surface area (Å²) in [6.45, 7) is 4.79. The molecule has 5 heteroatoms. The van der Waals surface area contributed by atoms with Crippen molar-refractivity contribution in [3.8, 4) is 0 Å². The molecule has 2 N–H and O–H groups in total. The van der Waals surface area contributed by atoms with E-state index in [0.717, 1.165) is 6.42 Å². The van der Waals surface area contributed by atoms with E-state index in [1.807, 2.05) is 0 Å². The Morgan fingerprint density at radius 2 is 2.18 bits per heavy atom. The SMILES string of the molecule is CC(C)CCNC(=O)Nc1cccn(C)c1=O. The van der Waals surface area contributed by atoms with E-state index < -0.39 is 0 Å². The van der Waals surface area contributed by atoms with Crippen LogP contribution in [0, 0.1) is 5.92 Å². The molecule has 0 saturated heterocycles. The first-order valence-electron chi connectivity index (χ1n) is 5.71. The third-order valence-corrected chi connectivity index (χ3v) is 2.38. The molecule has 0 saturated carbocycles. The van der Waals surface area contributed by atoms with Crippen molar-refractivity contribution >= 4 is 11.7 Å². The summed E-state index contributed by atoms with van der Waals surface area (Å²) in [5.41, 5.74) is 0.0727. The van der Waals surface area contributed by atoms with Gasteiger partial charge in [0.1, 0.15) is 5.69 Å². The maximum atomic E-state index is 11.6. The number of hydrogen-bond acceptors (Lipinski definition) is 2. The second-order valence-electron chi connectivity index (χ2n) is 4.40. The molecule has 0 radical (unpaired) electrons. The van der Waals surface area contributed by atoms with Gasteiger partial charge in [-0.25, -0.2) is 4.79 Å². The highest BCUT2D eigenvalue weighted by Crippen LogP contribution is 1.98. The van der Waals surface area contributed by atoms with Crippen LogP contribution >= 0.6 is 0 Å². The minimum atomic E-state index is -0.339. The molecule has 5 nitrogen and oxygen atoms in total. The van der Waals surface area contributed by atoms with Gasteiger partial charge in [0, 0.05) is 19.8 Å². The summed E-state index contributed by atoms with van der Waals surface area (Å²) in [6, 6.07) is 2.96. The van der Waals surface area contributed by atoms with Crippen LogP contribution in [-0.4, -0.2) is 17.1 Å². The van der Waals surface area contributed by atoms with Gasteiger partial charge in [-0.15, -0.1) is 0 Å². The van der Waals surface area contributed by atoms with Crippen LogP contribution in [0.25, 0.3) is 0 Å². The van der Waals surface area contributed by atoms with Gasteiger partial charge in [-0.1, -0.05) is 13.8 Å². The number of nitrogens with one attached hydrogen (secondary N) is 2. The zero-order valence-corrected chi connectivity index (χ0v) is 10.5. The number of carbonyl (C=O) groups is 1. The first-order valence-corrected chi connectivity index (χ1v) is 5.71. The Bertz CT molecular complexity index is 438. The van der Waals surface area contributed by atoms with Gasteiger partial charge in [-0.3, -0.25) is 4.79 Å². The average Bonchev–Trinajstić information content (AvgIpc) is 2.24. The summed E-state index contributed by atoms with van der Waals surface area (Å²) in [5, 5.41) is 5.25. The Kier molecular flexibility index (Phi) is 4.75. The minimum Gasteiger partial charge on any atom is -0.338 e. The molecule has 1 heterocycles. The molecular formula is C12H19N3O2. The third kappa shape index (κ3) is 4.30. The fourth-order valence-corrected chi connectivity index (χ4v) is 1.33. The lowest BCUT2D eigenvalue weighted by Gasteiger charge is -2.09. The van der Waals surface area contributed by atoms with Crippen molar-refractivity contribution in [3.05, 3.63) is 28.7 Å². The lowest BCUT2D eigenvalue weighted by molar-refractivity contribution is 0.251. The van der Waals surface area contributed by atoms with E-state index in [2.05, 4.69) is 24.5 Å². The summed E-state index contributed by atoms with van der Waals surface area (Å²) in [6.07, 6.45) is 2.56. The zero-order valence-electron chi connectivity index (χ0n) is 10.5. The Balaban J connectivity index is 2.51. The van der Waals surface area contributed by atoms with Crippen molar-refractivity contribution in [1.82, 2.24) is 9.88 Å². The first-order chi connectivity index (χ1) is 8.00. The summed E-state index contributed by atoms with van der Waals surface area (Å²) in [7, 11) is 1.64. The molecule has 1 aromatic heterocycles. The first kappa shape index (κ1) is 13.3. The van der Waals surface area contributed by atoms with E-state index in [4.69, 9.17) is 0 Å². The number of rotatable bonds is 4. The molecule has 0 aliphatic rings. The summed E-state index contributed by atoms with van der Waals surface area (Å²) in [5.74, 6) is 0.542. The number of anilines is 1. The predicted octanol–water partition coefficient (Wildman–Crippen LogP) is 1.55. The standard InChI is InChI=1S/C12H19N3O2/c1-9(2)6-7-13-12(17)14-10-5-4-8-15(3)11(10)16/h4-5,8-9H,6-7H2,1-3H3,(H2,13,14,17). The van der Waals surface area contributed by atoms with Crippen LogP contribution in [0.1, 0.15) is 20.3 Å².